The SMILES string of the molecule is COc1ccc(CCC(=O)NCC(=O)N2CCCC(C)C2)cc1OC. The van der Waals surface area contributed by atoms with E-state index in [4.69, 9.17) is 9.47 Å². The first-order valence-electron chi connectivity index (χ1n) is 8.79. The number of likely N-dealkylation sites (tertiary alicyclic amines) is 1. The minimum absolute atomic E-state index is 0.00557. The van der Waals surface area contributed by atoms with Gasteiger partial charge in [0.15, 0.2) is 11.5 Å². The number of ether oxygens (including phenoxy) is 2. The van der Waals surface area contributed by atoms with Gasteiger partial charge in [0.05, 0.1) is 20.8 Å². The molecule has 1 saturated heterocycles. The van der Waals surface area contributed by atoms with Crippen molar-refractivity contribution in [2.45, 2.75) is 32.6 Å². The van der Waals surface area contributed by atoms with Gasteiger partial charge in [-0.2, -0.15) is 0 Å². The molecule has 138 valence electrons. The molecule has 1 heterocycles. The predicted octanol–water partition coefficient (Wildman–Crippen LogP) is 2.01. The fraction of sp³-hybridized carbons (Fsp3) is 0.579. The van der Waals surface area contributed by atoms with Crippen LogP contribution in [0, 0.1) is 5.92 Å². The lowest BCUT2D eigenvalue weighted by Crippen LogP contribution is -2.44. The van der Waals surface area contributed by atoms with Crippen molar-refractivity contribution in [2.75, 3.05) is 33.9 Å². The first-order chi connectivity index (χ1) is 12.0. The Balaban J connectivity index is 1.76. The number of amides is 2. The zero-order chi connectivity index (χ0) is 18.2. The van der Waals surface area contributed by atoms with E-state index in [1.807, 2.05) is 23.1 Å². The average molecular weight is 348 g/mol. The summed E-state index contributed by atoms with van der Waals surface area (Å²) in [6.07, 6.45) is 3.13. The monoisotopic (exact) mass is 348 g/mol. The lowest BCUT2D eigenvalue weighted by molar-refractivity contribution is -0.134. The summed E-state index contributed by atoms with van der Waals surface area (Å²) in [5.41, 5.74) is 0.990. The zero-order valence-corrected chi connectivity index (χ0v) is 15.3. The third kappa shape index (κ3) is 5.66. The highest BCUT2D eigenvalue weighted by Gasteiger charge is 2.20. The molecule has 0 aromatic heterocycles. The molecule has 2 amide bonds. The molecule has 2 rings (SSSR count). The molecule has 1 aliphatic heterocycles. The van der Waals surface area contributed by atoms with Crippen LogP contribution >= 0.6 is 0 Å². The normalized spacial score (nSPS) is 17.1. The van der Waals surface area contributed by atoms with Crippen LogP contribution in [0.3, 0.4) is 0 Å². The number of methoxy groups -OCH3 is 2. The van der Waals surface area contributed by atoms with Crippen molar-refractivity contribution >= 4 is 11.8 Å². The first-order valence-corrected chi connectivity index (χ1v) is 8.79. The average Bonchev–Trinajstić information content (AvgIpc) is 2.64. The predicted molar refractivity (Wildman–Crippen MR) is 95.9 cm³/mol. The number of aryl methyl sites for hydroxylation is 1. The smallest absolute Gasteiger partial charge is 0.241 e. The summed E-state index contributed by atoms with van der Waals surface area (Å²) in [5.74, 6) is 1.74. The van der Waals surface area contributed by atoms with E-state index in [0.29, 0.717) is 30.3 Å². The number of carbonyl (C=O) groups is 2. The summed E-state index contributed by atoms with van der Waals surface area (Å²) < 4.78 is 10.5. The highest BCUT2D eigenvalue weighted by molar-refractivity contribution is 5.84. The van der Waals surface area contributed by atoms with E-state index in [9.17, 15) is 9.59 Å². The van der Waals surface area contributed by atoms with Crippen LogP contribution in [0.4, 0.5) is 0 Å². The van der Waals surface area contributed by atoms with Crippen LogP contribution in [0.25, 0.3) is 0 Å². The molecular weight excluding hydrogens is 320 g/mol. The number of carbonyl (C=O) groups excluding carboxylic acids is 2. The van der Waals surface area contributed by atoms with Crippen molar-refractivity contribution in [3.8, 4) is 11.5 Å². The number of nitrogens with zero attached hydrogens (tertiary/aromatic N) is 1. The summed E-state index contributed by atoms with van der Waals surface area (Å²) in [5, 5.41) is 2.73. The molecule has 0 saturated carbocycles. The highest BCUT2D eigenvalue weighted by Crippen LogP contribution is 2.27. The van der Waals surface area contributed by atoms with Gasteiger partial charge in [-0.3, -0.25) is 9.59 Å². The van der Waals surface area contributed by atoms with Gasteiger partial charge in [0, 0.05) is 19.5 Å². The molecule has 1 fully saturated rings. The maximum Gasteiger partial charge on any atom is 0.241 e. The zero-order valence-electron chi connectivity index (χ0n) is 15.3. The van der Waals surface area contributed by atoms with Crippen molar-refractivity contribution in [3.63, 3.8) is 0 Å². The summed E-state index contributed by atoms with van der Waals surface area (Å²) in [6.45, 7) is 3.82. The van der Waals surface area contributed by atoms with Gasteiger partial charge >= 0.3 is 0 Å². The molecule has 1 aliphatic rings. The van der Waals surface area contributed by atoms with Gasteiger partial charge in [0.1, 0.15) is 0 Å². The molecule has 0 bridgehead atoms. The van der Waals surface area contributed by atoms with Gasteiger partial charge in [-0.05, 0) is 42.9 Å². The highest BCUT2D eigenvalue weighted by atomic mass is 16.5. The second-order valence-electron chi connectivity index (χ2n) is 6.55. The van der Waals surface area contributed by atoms with Gasteiger partial charge in [0.25, 0.3) is 0 Å². The standard InChI is InChI=1S/C19H28N2O4/c1-14-5-4-10-21(13-14)19(23)12-20-18(22)9-7-15-6-8-16(24-2)17(11-15)25-3/h6,8,11,14H,4-5,7,9-10,12-13H2,1-3H3,(H,20,22). The van der Waals surface area contributed by atoms with E-state index < -0.39 is 0 Å². The van der Waals surface area contributed by atoms with Crippen molar-refractivity contribution in [1.82, 2.24) is 10.2 Å². The number of rotatable bonds is 7. The Kier molecular flexibility index (Phi) is 7.10. The largest absolute Gasteiger partial charge is 0.493 e. The topological polar surface area (TPSA) is 67.9 Å². The van der Waals surface area contributed by atoms with Crippen LogP contribution < -0.4 is 14.8 Å². The second-order valence-corrected chi connectivity index (χ2v) is 6.55. The van der Waals surface area contributed by atoms with E-state index in [2.05, 4.69) is 12.2 Å². The fourth-order valence-electron chi connectivity index (χ4n) is 3.08. The van der Waals surface area contributed by atoms with E-state index in [1.165, 1.54) is 6.42 Å². The molecule has 0 radical (unpaired) electrons. The molecule has 25 heavy (non-hydrogen) atoms. The van der Waals surface area contributed by atoms with Crippen LogP contribution in [0.2, 0.25) is 0 Å². The fourth-order valence-corrected chi connectivity index (χ4v) is 3.08. The summed E-state index contributed by atoms with van der Waals surface area (Å²) in [6, 6.07) is 5.61. The van der Waals surface area contributed by atoms with Crippen molar-refractivity contribution < 1.29 is 19.1 Å². The maximum absolute atomic E-state index is 12.2. The van der Waals surface area contributed by atoms with Crippen LogP contribution in [0.5, 0.6) is 11.5 Å². The third-order valence-electron chi connectivity index (χ3n) is 4.54. The third-order valence-corrected chi connectivity index (χ3v) is 4.54. The van der Waals surface area contributed by atoms with Crippen molar-refractivity contribution in [1.29, 1.82) is 0 Å². The molecule has 0 spiro atoms. The first kappa shape index (κ1) is 19.1. The van der Waals surface area contributed by atoms with E-state index in [-0.39, 0.29) is 18.4 Å². The molecule has 1 aromatic rings. The quantitative estimate of drug-likeness (QED) is 0.818. The lowest BCUT2D eigenvalue weighted by atomic mass is 10.0. The summed E-state index contributed by atoms with van der Waals surface area (Å²) >= 11 is 0. The summed E-state index contributed by atoms with van der Waals surface area (Å²) in [4.78, 5) is 26.0. The molecule has 6 heteroatoms. The van der Waals surface area contributed by atoms with Crippen LogP contribution in [0.1, 0.15) is 31.7 Å². The molecule has 1 unspecified atom stereocenters. The van der Waals surface area contributed by atoms with E-state index in [1.54, 1.807) is 14.2 Å². The molecule has 1 aromatic carbocycles. The lowest BCUT2D eigenvalue weighted by Gasteiger charge is -2.31. The second kappa shape index (κ2) is 9.30. The van der Waals surface area contributed by atoms with Crippen molar-refractivity contribution in [2.24, 2.45) is 5.92 Å². The van der Waals surface area contributed by atoms with Gasteiger partial charge in [-0.1, -0.05) is 13.0 Å². The van der Waals surface area contributed by atoms with Gasteiger partial charge in [-0.25, -0.2) is 0 Å². The summed E-state index contributed by atoms with van der Waals surface area (Å²) in [7, 11) is 3.17. The Labute approximate surface area is 149 Å². The minimum atomic E-state index is -0.117. The Morgan fingerprint density at radius 1 is 1.24 bits per heavy atom. The van der Waals surface area contributed by atoms with Crippen molar-refractivity contribution in [3.05, 3.63) is 23.8 Å². The number of hydrogen-bond acceptors (Lipinski definition) is 4. The molecular formula is C19H28N2O4. The van der Waals surface area contributed by atoms with E-state index in [0.717, 1.165) is 25.1 Å². The molecule has 1 N–H and O–H groups in total. The number of piperidine rings is 1. The number of hydrogen-bond donors (Lipinski definition) is 1. The molecule has 0 aliphatic carbocycles. The Hall–Kier alpha value is -2.24. The Morgan fingerprint density at radius 3 is 2.68 bits per heavy atom. The van der Waals surface area contributed by atoms with Crippen LogP contribution in [-0.2, 0) is 16.0 Å². The maximum atomic E-state index is 12.2. The van der Waals surface area contributed by atoms with E-state index >= 15 is 0 Å². The number of benzene rings is 1. The van der Waals surface area contributed by atoms with Crippen LogP contribution in [-0.4, -0.2) is 50.6 Å². The number of nitrogens with one attached hydrogen (secondary N) is 1. The Morgan fingerprint density at radius 2 is 2.00 bits per heavy atom. The Bertz CT molecular complexity index is 603. The molecule has 6 nitrogen and oxygen atoms in total. The minimum Gasteiger partial charge on any atom is -0.493 e. The van der Waals surface area contributed by atoms with Gasteiger partial charge in [-0.15, -0.1) is 0 Å². The van der Waals surface area contributed by atoms with Gasteiger partial charge in [0.2, 0.25) is 11.8 Å². The molecule has 1 atom stereocenters. The van der Waals surface area contributed by atoms with Crippen LogP contribution in [0.15, 0.2) is 18.2 Å². The van der Waals surface area contributed by atoms with Gasteiger partial charge < -0.3 is 19.7 Å².